The van der Waals surface area contributed by atoms with Crippen molar-refractivity contribution in [3.63, 3.8) is 0 Å². The van der Waals surface area contributed by atoms with Gasteiger partial charge in [0.1, 0.15) is 17.8 Å². The number of para-hydroxylation sites is 1. The number of aromatic amines is 1. The lowest BCUT2D eigenvalue weighted by Crippen LogP contribution is -2.17. The number of ether oxygens (including phenoxy) is 1. The summed E-state index contributed by atoms with van der Waals surface area (Å²) in [6.07, 6.45) is -4.31. The number of nitrogens with zero attached hydrogens (tertiary/aromatic N) is 1. The molecule has 0 aliphatic heterocycles. The predicted molar refractivity (Wildman–Crippen MR) is 59.7 cm³/mol. The van der Waals surface area contributed by atoms with E-state index < -0.39 is 12.7 Å². The molecule has 17 heavy (non-hydrogen) atoms. The number of imidazole rings is 1. The van der Waals surface area contributed by atoms with E-state index in [4.69, 9.17) is 17.0 Å². The maximum Gasteiger partial charge on any atom is 0.406 e. The Balaban J connectivity index is 2.65. The lowest BCUT2D eigenvalue weighted by Gasteiger charge is -2.08. The van der Waals surface area contributed by atoms with Crippen molar-refractivity contribution in [1.29, 1.82) is 0 Å². The number of halogens is 3. The van der Waals surface area contributed by atoms with Crippen molar-refractivity contribution in [2.45, 2.75) is 12.7 Å². The van der Waals surface area contributed by atoms with Crippen molar-refractivity contribution >= 4 is 23.3 Å². The molecule has 3 nitrogen and oxygen atoms in total. The van der Waals surface area contributed by atoms with E-state index in [-0.39, 0.29) is 4.77 Å². The molecule has 1 aromatic carbocycles. The molecule has 1 aromatic heterocycles. The fourth-order valence-electron chi connectivity index (χ4n) is 1.66. The number of aromatic nitrogens is 2. The van der Waals surface area contributed by atoms with Gasteiger partial charge in [0.15, 0.2) is 4.77 Å². The van der Waals surface area contributed by atoms with Gasteiger partial charge < -0.3 is 14.3 Å². The summed E-state index contributed by atoms with van der Waals surface area (Å²) in [6, 6.07) is 4.85. The molecule has 0 aliphatic rings. The van der Waals surface area contributed by atoms with Crippen LogP contribution in [0, 0.1) is 4.77 Å². The van der Waals surface area contributed by atoms with Crippen LogP contribution in [0.4, 0.5) is 13.2 Å². The van der Waals surface area contributed by atoms with Crippen molar-refractivity contribution in [1.82, 2.24) is 9.55 Å². The minimum Gasteiger partial charge on any atom is -0.494 e. The molecule has 2 rings (SSSR count). The van der Waals surface area contributed by atoms with Crippen molar-refractivity contribution in [2.24, 2.45) is 0 Å². The molecule has 0 radical (unpaired) electrons. The molecular formula is C10H9F3N2OS. The van der Waals surface area contributed by atoms with Crippen molar-refractivity contribution in [2.75, 3.05) is 7.11 Å². The molecule has 7 heteroatoms. The van der Waals surface area contributed by atoms with E-state index in [0.29, 0.717) is 16.8 Å². The molecule has 0 amide bonds. The monoisotopic (exact) mass is 262 g/mol. The summed E-state index contributed by atoms with van der Waals surface area (Å²) < 4.78 is 43.3. The van der Waals surface area contributed by atoms with Crippen molar-refractivity contribution < 1.29 is 17.9 Å². The smallest absolute Gasteiger partial charge is 0.406 e. The zero-order valence-electron chi connectivity index (χ0n) is 8.84. The second-order valence-electron chi connectivity index (χ2n) is 3.49. The minimum absolute atomic E-state index is 0.0295. The summed E-state index contributed by atoms with van der Waals surface area (Å²) >= 11 is 4.88. The largest absolute Gasteiger partial charge is 0.494 e. The van der Waals surface area contributed by atoms with Crippen LogP contribution in [0.5, 0.6) is 5.75 Å². The third kappa shape index (κ3) is 2.28. The zero-order chi connectivity index (χ0) is 12.6. The Labute approximate surface area is 99.8 Å². The van der Waals surface area contributed by atoms with E-state index in [0.717, 1.165) is 4.57 Å². The number of fused-ring (bicyclic) bond motifs is 1. The molecule has 0 unspecified atom stereocenters. The van der Waals surface area contributed by atoms with E-state index in [2.05, 4.69) is 4.98 Å². The highest BCUT2D eigenvalue weighted by molar-refractivity contribution is 7.71. The molecule has 2 aromatic rings. The van der Waals surface area contributed by atoms with Crippen LogP contribution < -0.4 is 4.74 Å². The molecule has 0 saturated carbocycles. The van der Waals surface area contributed by atoms with E-state index in [1.165, 1.54) is 7.11 Å². The van der Waals surface area contributed by atoms with Gasteiger partial charge in [-0.1, -0.05) is 6.07 Å². The molecule has 0 bridgehead atoms. The number of rotatable bonds is 2. The summed E-state index contributed by atoms with van der Waals surface area (Å²) in [6.45, 7) is -1.11. The molecule has 0 aliphatic carbocycles. The molecular weight excluding hydrogens is 253 g/mol. The molecule has 1 heterocycles. The quantitative estimate of drug-likeness (QED) is 0.842. The van der Waals surface area contributed by atoms with Gasteiger partial charge in [0.05, 0.1) is 12.6 Å². The number of H-pyrrole nitrogens is 1. The highest BCUT2D eigenvalue weighted by Crippen LogP contribution is 2.27. The Hall–Kier alpha value is -1.50. The lowest BCUT2D eigenvalue weighted by molar-refractivity contribution is -0.140. The maximum absolute atomic E-state index is 12.4. The van der Waals surface area contributed by atoms with Gasteiger partial charge in [0.25, 0.3) is 0 Å². The van der Waals surface area contributed by atoms with Gasteiger partial charge in [-0.2, -0.15) is 13.2 Å². The number of hydrogen-bond acceptors (Lipinski definition) is 2. The Morgan fingerprint density at radius 2 is 2.12 bits per heavy atom. The average molecular weight is 262 g/mol. The first-order valence-electron chi connectivity index (χ1n) is 4.74. The third-order valence-electron chi connectivity index (χ3n) is 2.33. The maximum atomic E-state index is 12.4. The number of alkyl halides is 3. The molecule has 0 fully saturated rings. The molecule has 0 atom stereocenters. The summed E-state index contributed by atoms with van der Waals surface area (Å²) in [7, 11) is 1.45. The summed E-state index contributed by atoms with van der Waals surface area (Å²) in [4.78, 5) is 2.72. The minimum atomic E-state index is -4.31. The summed E-state index contributed by atoms with van der Waals surface area (Å²) in [5.41, 5.74) is 0.857. The molecule has 1 N–H and O–H groups in total. The number of benzene rings is 1. The van der Waals surface area contributed by atoms with E-state index >= 15 is 0 Å². The second-order valence-corrected chi connectivity index (χ2v) is 3.87. The van der Waals surface area contributed by atoms with E-state index in [1.54, 1.807) is 18.2 Å². The number of methoxy groups -OCH3 is 1. The lowest BCUT2D eigenvalue weighted by atomic mass is 10.3. The summed E-state index contributed by atoms with van der Waals surface area (Å²) in [5.74, 6) is 0.467. The Morgan fingerprint density at radius 1 is 1.41 bits per heavy atom. The van der Waals surface area contributed by atoms with Crippen LogP contribution in [-0.2, 0) is 6.54 Å². The molecule has 0 saturated heterocycles. The Bertz CT molecular complexity index is 600. The van der Waals surface area contributed by atoms with Gasteiger partial charge in [-0.25, -0.2) is 0 Å². The third-order valence-corrected chi connectivity index (χ3v) is 2.65. The first kappa shape index (κ1) is 12.0. The van der Waals surface area contributed by atoms with Crippen LogP contribution >= 0.6 is 12.2 Å². The van der Waals surface area contributed by atoms with Crippen LogP contribution in [0.25, 0.3) is 11.0 Å². The van der Waals surface area contributed by atoms with Crippen LogP contribution in [-0.4, -0.2) is 22.8 Å². The standard InChI is InChI=1S/C10H9F3N2OS/c1-16-7-4-2-3-6-8(7)14-9(17)15(6)5-10(11,12)13/h2-4H,5H2,1H3,(H,14,17). The van der Waals surface area contributed by atoms with Crippen molar-refractivity contribution in [3.05, 3.63) is 23.0 Å². The van der Waals surface area contributed by atoms with Crippen LogP contribution in [0.1, 0.15) is 0 Å². The summed E-state index contributed by atoms with van der Waals surface area (Å²) in [5, 5.41) is 0. The van der Waals surface area contributed by atoms with E-state index in [1.807, 2.05) is 0 Å². The normalized spacial score (nSPS) is 12.0. The van der Waals surface area contributed by atoms with Crippen molar-refractivity contribution in [3.8, 4) is 5.75 Å². The number of nitrogens with one attached hydrogen (secondary N) is 1. The SMILES string of the molecule is COc1cccc2c1[nH]c(=S)n2CC(F)(F)F. The van der Waals surface area contributed by atoms with Gasteiger partial charge in [-0.3, -0.25) is 0 Å². The number of hydrogen-bond donors (Lipinski definition) is 1. The Morgan fingerprint density at radius 3 is 2.71 bits per heavy atom. The zero-order valence-corrected chi connectivity index (χ0v) is 9.65. The van der Waals surface area contributed by atoms with Gasteiger partial charge in [0, 0.05) is 0 Å². The van der Waals surface area contributed by atoms with E-state index in [9.17, 15) is 13.2 Å². The molecule has 0 spiro atoms. The van der Waals surface area contributed by atoms with Crippen LogP contribution in [0.3, 0.4) is 0 Å². The van der Waals surface area contributed by atoms with Gasteiger partial charge in [-0.15, -0.1) is 0 Å². The first-order chi connectivity index (χ1) is 7.92. The Kier molecular flexibility index (Phi) is 2.86. The first-order valence-corrected chi connectivity index (χ1v) is 5.15. The second kappa shape index (κ2) is 4.06. The predicted octanol–water partition coefficient (Wildman–Crippen LogP) is 3.27. The van der Waals surface area contributed by atoms with Crippen LogP contribution in [0.2, 0.25) is 0 Å². The highest BCUT2D eigenvalue weighted by atomic mass is 32.1. The van der Waals surface area contributed by atoms with Gasteiger partial charge >= 0.3 is 6.18 Å². The van der Waals surface area contributed by atoms with Gasteiger partial charge in [-0.05, 0) is 24.4 Å². The molecule has 92 valence electrons. The fraction of sp³-hybridized carbons (Fsp3) is 0.300. The fourth-order valence-corrected chi connectivity index (χ4v) is 1.93. The van der Waals surface area contributed by atoms with Gasteiger partial charge in [0.2, 0.25) is 0 Å². The topological polar surface area (TPSA) is 29.9 Å². The highest BCUT2D eigenvalue weighted by Gasteiger charge is 2.29. The average Bonchev–Trinajstić information content (AvgIpc) is 2.53. The van der Waals surface area contributed by atoms with Crippen LogP contribution in [0.15, 0.2) is 18.2 Å².